The van der Waals surface area contributed by atoms with Gasteiger partial charge >= 0.3 is 17.2 Å². The van der Waals surface area contributed by atoms with Gasteiger partial charge < -0.3 is 14.0 Å². The topological polar surface area (TPSA) is 110 Å². The van der Waals surface area contributed by atoms with Crippen LogP contribution in [0.1, 0.15) is 39.0 Å². The van der Waals surface area contributed by atoms with Crippen LogP contribution in [-0.4, -0.2) is 36.8 Å². The second kappa shape index (κ2) is 15.1. The molecule has 1 saturated carbocycles. The van der Waals surface area contributed by atoms with Crippen molar-refractivity contribution in [1.82, 2.24) is 0 Å². The number of carbonyl (C=O) groups excluding carboxylic acids is 2. The maximum absolute atomic E-state index is 12.7. The van der Waals surface area contributed by atoms with E-state index in [2.05, 4.69) is 59.8 Å². The average molecular weight is 619 g/mol. The molecule has 0 aromatic heterocycles. The van der Waals surface area contributed by atoms with E-state index in [1.807, 2.05) is 36.4 Å². The Bertz CT molecular complexity index is 1400. The van der Waals surface area contributed by atoms with Gasteiger partial charge in [-0.2, -0.15) is 8.78 Å². The maximum atomic E-state index is 12.7. The number of esters is 2. The third-order valence-corrected chi connectivity index (χ3v) is 9.34. The minimum atomic E-state index is -5.79. The number of alkyl halides is 2. The van der Waals surface area contributed by atoms with Crippen molar-refractivity contribution in [2.45, 2.75) is 59.0 Å². The molecular formula is C31H32F2O7S2. The molecule has 7 nitrogen and oxygen atoms in total. The largest absolute Gasteiger partial charge is 0.743 e. The molecule has 1 fully saturated rings. The molecule has 0 saturated heterocycles. The number of rotatable bonds is 9. The van der Waals surface area contributed by atoms with Crippen LogP contribution in [0.3, 0.4) is 0 Å². The molecule has 0 unspecified atom stereocenters. The molecule has 4 rings (SSSR count). The average Bonchev–Trinajstić information content (AvgIpc) is 2.98. The molecule has 0 atom stereocenters. The maximum Gasteiger partial charge on any atom is 0.367 e. The van der Waals surface area contributed by atoms with Gasteiger partial charge in [-0.3, -0.25) is 4.79 Å². The normalized spacial score (nSPS) is 13.9. The Morgan fingerprint density at radius 2 is 1.36 bits per heavy atom. The van der Waals surface area contributed by atoms with Crippen molar-refractivity contribution >= 4 is 33.0 Å². The minimum absolute atomic E-state index is 0.202. The fourth-order valence-corrected chi connectivity index (χ4v) is 6.33. The van der Waals surface area contributed by atoms with Crippen LogP contribution in [0, 0.1) is 5.92 Å². The van der Waals surface area contributed by atoms with E-state index < -0.39 is 39.8 Å². The lowest BCUT2D eigenvalue weighted by atomic mass is 9.89. The first-order valence-electron chi connectivity index (χ1n) is 13.2. The molecule has 0 spiro atoms. The molecule has 1 aliphatic carbocycles. The highest BCUT2D eigenvalue weighted by Gasteiger charge is 2.40. The summed E-state index contributed by atoms with van der Waals surface area (Å²) in [5.41, 5.74) is 0.386. The van der Waals surface area contributed by atoms with Crippen molar-refractivity contribution in [2.75, 3.05) is 6.61 Å². The van der Waals surface area contributed by atoms with Crippen LogP contribution in [0.2, 0.25) is 0 Å². The molecule has 0 N–H and O–H groups in total. The van der Waals surface area contributed by atoms with Crippen molar-refractivity contribution < 1.29 is 40.8 Å². The van der Waals surface area contributed by atoms with Gasteiger partial charge in [-0.15, -0.1) is 0 Å². The number of benzene rings is 3. The first-order chi connectivity index (χ1) is 19.9. The first-order valence-corrected chi connectivity index (χ1v) is 15.8. The highest BCUT2D eigenvalue weighted by atomic mass is 32.2. The Hall–Kier alpha value is -3.54. The number of carbonyl (C=O) groups is 2. The summed E-state index contributed by atoms with van der Waals surface area (Å²) in [5, 5.41) is -4.56. The van der Waals surface area contributed by atoms with Gasteiger partial charge in [0.25, 0.3) is 0 Å². The lowest BCUT2D eigenvalue weighted by Gasteiger charge is -2.23. The molecule has 0 aliphatic heterocycles. The van der Waals surface area contributed by atoms with E-state index in [-0.39, 0.29) is 10.9 Å². The van der Waals surface area contributed by atoms with E-state index in [0.717, 1.165) is 19.3 Å². The van der Waals surface area contributed by atoms with Crippen molar-refractivity contribution in [3.05, 3.63) is 97.1 Å². The summed E-state index contributed by atoms with van der Waals surface area (Å²) in [7, 11) is -5.99. The summed E-state index contributed by atoms with van der Waals surface area (Å²) in [6, 6.07) is 28.6. The molecule has 1 aliphatic rings. The van der Waals surface area contributed by atoms with Crippen LogP contribution < -0.4 is 4.74 Å². The zero-order valence-corrected chi connectivity index (χ0v) is 24.7. The Kier molecular flexibility index (Phi) is 11.8. The first kappa shape index (κ1) is 33.0. The summed E-state index contributed by atoms with van der Waals surface area (Å²) < 4.78 is 65.3. The Labute approximate surface area is 247 Å². The zero-order chi connectivity index (χ0) is 30.8. The van der Waals surface area contributed by atoms with Gasteiger partial charge in [-0.25, -0.2) is 13.2 Å². The molecule has 0 radical (unpaired) electrons. The van der Waals surface area contributed by atoms with E-state index >= 15 is 0 Å². The van der Waals surface area contributed by atoms with Gasteiger partial charge in [-0.05, 0) is 68.3 Å². The zero-order valence-electron chi connectivity index (χ0n) is 23.0. The fraction of sp³-hybridized carbons (Fsp3) is 0.290. The lowest BCUT2D eigenvalue weighted by Crippen LogP contribution is -2.36. The predicted octanol–water partition coefficient (Wildman–Crippen LogP) is 6.51. The van der Waals surface area contributed by atoms with E-state index in [1.165, 1.54) is 14.7 Å². The smallest absolute Gasteiger partial charge is 0.367 e. The molecular weight excluding hydrogens is 586 g/mol. The number of halogens is 2. The monoisotopic (exact) mass is 618 g/mol. The summed E-state index contributed by atoms with van der Waals surface area (Å²) in [5.74, 6) is -1.19. The highest BCUT2D eigenvalue weighted by molar-refractivity contribution is 7.97. The Morgan fingerprint density at radius 1 is 0.881 bits per heavy atom. The van der Waals surface area contributed by atoms with Crippen LogP contribution in [0.5, 0.6) is 5.75 Å². The third kappa shape index (κ3) is 9.50. The van der Waals surface area contributed by atoms with E-state index in [9.17, 15) is 31.3 Å². The summed E-state index contributed by atoms with van der Waals surface area (Å²) in [6.45, 7) is 3.54. The van der Waals surface area contributed by atoms with Gasteiger partial charge in [0.2, 0.25) is 0 Å². The number of hydrogen-bond donors (Lipinski definition) is 0. The predicted molar refractivity (Wildman–Crippen MR) is 154 cm³/mol. The molecule has 42 heavy (non-hydrogen) atoms. The third-order valence-electron chi connectivity index (χ3n) is 6.26. The van der Waals surface area contributed by atoms with Crippen molar-refractivity contribution in [3.8, 4) is 5.75 Å². The molecule has 3 aromatic rings. The van der Waals surface area contributed by atoms with E-state index in [0.29, 0.717) is 24.2 Å². The SMILES string of the molecule is C=C(C)C(=O)Oc1ccc([S+](c2ccccc2)c2ccccc2)cc1.O=C(OCC(F)(F)S(=O)(=O)[O-])C1CCCCC1. The van der Waals surface area contributed by atoms with Gasteiger partial charge in [-0.1, -0.05) is 62.2 Å². The molecule has 0 bridgehead atoms. The molecule has 0 heterocycles. The molecule has 3 aromatic carbocycles. The second-order valence-electron chi connectivity index (χ2n) is 9.61. The van der Waals surface area contributed by atoms with Crippen LogP contribution in [-0.2, 0) is 35.3 Å². The quantitative estimate of drug-likeness (QED) is 0.0884. The van der Waals surface area contributed by atoms with Crippen molar-refractivity contribution in [3.63, 3.8) is 0 Å². The summed E-state index contributed by atoms with van der Waals surface area (Å²) >= 11 is 0. The second-order valence-corrected chi connectivity index (χ2v) is 13.1. The molecule has 0 amide bonds. The van der Waals surface area contributed by atoms with Gasteiger partial charge in [0.1, 0.15) is 5.75 Å². The van der Waals surface area contributed by atoms with Crippen LogP contribution in [0.15, 0.2) is 112 Å². The van der Waals surface area contributed by atoms with Crippen molar-refractivity contribution in [2.24, 2.45) is 5.92 Å². The van der Waals surface area contributed by atoms with Crippen LogP contribution in [0.4, 0.5) is 8.78 Å². The number of hydrogen-bond acceptors (Lipinski definition) is 7. The summed E-state index contributed by atoms with van der Waals surface area (Å²) in [6.07, 6.45) is 3.71. The van der Waals surface area contributed by atoms with Crippen LogP contribution in [0.25, 0.3) is 0 Å². The van der Waals surface area contributed by atoms with Gasteiger partial charge in [0.05, 0.1) is 16.8 Å². The van der Waals surface area contributed by atoms with E-state index in [1.54, 1.807) is 6.92 Å². The Balaban J connectivity index is 0.000000250. The number of ether oxygens (including phenoxy) is 2. The van der Waals surface area contributed by atoms with Crippen LogP contribution >= 0.6 is 0 Å². The highest BCUT2D eigenvalue weighted by Crippen LogP contribution is 2.32. The molecule has 11 heteroatoms. The lowest BCUT2D eigenvalue weighted by molar-refractivity contribution is -0.155. The van der Waals surface area contributed by atoms with E-state index in [4.69, 9.17) is 4.74 Å². The molecule has 224 valence electrons. The standard InChI is InChI=1S/C22H19O2S.C9H14F2O5S/c1-17(2)22(23)24-18-13-15-21(16-14-18)25(19-9-5-3-6-10-19)20-11-7-4-8-12-20;10-9(11,17(13,14)15)6-16-8(12)7-4-2-1-3-5-7/h3-16H,1H2,2H3;7H,1-6H2,(H,13,14,15)/q+1;/p-1. The summed E-state index contributed by atoms with van der Waals surface area (Å²) in [4.78, 5) is 26.6. The Morgan fingerprint density at radius 3 is 1.81 bits per heavy atom. The van der Waals surface area contributed by atoms with Gasteiger partial charge in [0, 0.05) is 5.57 Å². The van der Waals surface area contributed by atoms with Crippen molar-refractivity contribution in [1.29, 1.82) is 0 Å². The minimum Gasteiger partial charge on any atom is -0.743 e. The van der Waals surface area contributed by atoms with Gasteiger partial charge in [0.15, 0.2) is 31.4 Å². The fourth-order valence-electron chi connectivity index (χ4n) is 4.04.